The van der Waals surface area contributed by atoms with Gasteiger partial charge in [-0.05, 0) is 13.3 Å². The monoisotopic (exact) mass is 604 g/mol. The van der Waals surface area contributed by atoms with E-state index in [9.17, 15) is 9.59 Å². The molecule has 1 heterocycles. The summed E-state index contributed by atoms with van der Waals surface area (Å²) in [5.74, 6) is 0.114. The van der Waals surface area contributed by atoms with Crippen molar-refractivity contribution in [2.45, 2.75) is 69.9 Å². The molecule has 0 aromatic carbocycles. The van der Waals surface area contributed by atoms with Gasteiger partial charge in [-0.3, -0.25) is 4.79 Å². The summed E-state index contributed by atoms with van der Waals surface area (Å²) >= 11 is 0.719. The second-order valence-electron chi connectivity index (χ2n) is 7.87. The Hall–Kier alpha value is 0.871. The first-order valence-corrected chi connectivity index (χ1v) is 21.8. The van der Waals surface area contributed by atoms with E-state index in [2.05, 4.69) is 10.6 Å². The molecule has 2 amide bonds. The van der Waals surface area contributed by atoms with Crippen LogP contribution in [0, 0.1) is 0 Å². The molecule has 8 nitrogen and oxygen atoms in total. The molecule has 1 saturated heterocycles. The summed E-state index contributed by atoms with van der Waals surface area (Å²) < 4.78 is 17.7. The van der Waals surface area contributed by atoms with Crippen LogP contribution in [0.2, 0.25) is 0 Å². The summed E-state index contributed by atoms with van der Waals surface area (Å²) in [4.78, 5) is 25.4. The van der Waals surface area contributed by atoms with Crippen molar-refractivity contribution in [2.24, 2.45) is 0 Å². The fourth-order valence-corrected chi connectivity index (χ4v) is 6.91. The maximum atomic E-state index is 12.6. The van der Waals surface area contributed by atoms with Crippen LogP contribution in [-0.2, 0) is 23.8 Å². The summed E-state index contributed by atoms with van der Waals surface area (Å²) in [6.07, 6.45) is 2.47. The predicted octanol–water partition coefficient (Wildman–Crippen LogP) is 0.0112. The van der Waals surface area contributed by atoms with E-state index in [0.717, 1.165) is 55.9 Å². The van der Waals surface area contributed by atoms with Crippen molar-refractivity contribution in [3.8, 4) is 0 Å². The standard InChI is InChI=1S/C19H37N3O5Se.Ba/c1-14(6-9-21-15(2)23)25-11-8-19(3,4)26-10-7-17(24)22-12-16(20-5)27-18(28)13-22;/h14,16,18,20,28H,6-13H2,1-5H3,(H,21,23);/q;+1/p-1. The molecule has 10 heteroatoms. The number of nitrogens with zero attached hydrogens (tertiary/aromatic N) is 1. The van der Waals surface area contributed by atoms with Crippen molar-refractivity contribution in [3.05, 3.63) is 0 Å². The summed E-state index contributed by atoms with van der Waals surface area (Å²) in [7, 11) is 1.87. The number of ether oxygens (including phenoxy) is 3. The van der Waals surface area contributed by atoms with Gasteiger partial charge in [0.05, 0.1) is 0 Å². The van der Waals surface area contributed by atoms with Crippen molar-refractivity contribution in [1.29, 1.82) is 0 Å². The molecule has 0 saturated carbocycles. The maximum absolute atomic E-state index is 12.6. The van der Waals surface area contributed by atoms with E-state index in [1.54, 1.807) is 0 Å². The molecule has 1 aliphatic rings. The van der Waals surface area contributed by atoms with E-state index in [1.807, 2.05) is 32.7 Å². The first kappa shape index (κ1) is 27.9. The number of carbonyl (C=O) groups excluding carboxylic acids is 2. The SMILES string of the molecule is CNC1CN(C(=O)CCOC(C)(C)CCOC(C)CCNC(C)=O)CC([Se][Ba])O1. The van der Waals surface area contributed by atoms with Crippen molar-refractivity contribution in [3.63, 3.8) is 0 Å². The van der Waals surface area contributed by atoms with Crippen LogP contribution in [0.5, 0.6) is 0 Å². The summed E-state index contributed by atoms with van der Waals surface area (Å²) in [6, 6.07) is 0. The molecule has 1 rings (SSSR count). The summed E-state index contributed by atoms with van der Waals surface area (Å²) in [5, 5.41) is 6.13. The molecule has 1 fully saturated rings. The van der Waals surface area contributed by atoms with Gasteiger partial charge >= 0.3 is 167 Å². The Morgan fingerprint density at radius 3 is 2.69 bits per heavy atom. The Morgan fingerprint density at radius 1 is 1.34 bits per heavy atom. The van der Waals surface area contributed by atoms with Gasteiger partial charge in [0.1, 0.15) is 0 Å². The molecule has 2 N–H and O–H groups in total. The number of hydrogen-bond acceptors (Lipinski definition) is 6. The van der Waals surface area contributed by atoms with Gasteiger partial charge in [-0.15, -0.1) is 0 Å². The van der Waals surface area contributed by atoms with Gasteiger partial charge in [0.15, 0.2) is 0 Å². The van der Waals surface area contributed by atoms with E-state index < -0.39 is 0 Å². The average molecular weight is 603 g/mol. The minimum atomic E-state index is -0.348. The summed E-state index contributed by atoms with van der Waals surface area (Å²) in [5.41, 5.74) is -0.348. The molecule has 3 atom stereocenters. The van der Waals surface area contributed by atoms with Gasteiger partial charge in [-0.2, -0.15) is 0 Å². The number of rotatable bonds is 13. The third kappa shape index (κ3) is 12.5. The molecule has 3 unspecified atom stereocenters. The first-order chi connectivity index (χ1) is 13.7. The third-order valence-corrected chi connectivity index (χ3v) is 12.2. The number of hydrogen-bond donors (Lipinski definition) is 2. The van der Waals surface area contributed by atoms with Gasteiger partial charge in [-0.25, -0.2) is 0 Å². The predicted molar refractivity (Wildman–Crippen MR) is 114 cm³/mol. The molecule has 1 aliphatic heterocycles. The van der Waals surface area contributed by atoms with Crippen molar-refractivity contribution < 1.29 is 23.8 Å². The Balaban J connectivity index is 2.25. The second-order valence-corrected chi connectivity index (χ2v) is 15.1. The molecule has 165 valence electrons. The van der Waals surface area contributed by atoms with Gasteiger partial charge < -0.3 is 5.32 Å². The molecular formula is C19H36BaN3O5Se. The third-order valence-electron chi connectivity index (χ3n) is 4.77. The fraction of sp³-hybridized carbons (Fsp3) is 0.895. The molecule has 0 aliphatic carbocycles. The minimum absolute atomic E-state index is 0.0198. The van der Waals surface area contributed by atoms with Gasteiger partial charge in [0.25, 0.3) is 0 Å². The molecule has 29 heavy (non-hydrogen) atoms. The number of likely N-dealkylation sites (N-methyl/N-ethyl adjacent to an activating group) is 1. The molecule has 1 radical (unpaired) electrons. The van der Waals surface area contributed by atoms with E-state index in [0.29, 0.717) is 45.4 Å². The van der Waals surface area contributed by atoms with Crippen molar-refractivity contribution in [2.75, 3.05) is 39.9 Å². The van der Waals surface area contributed by atoms with Gasteiger partial charge in [-0.1, -0.05) is 0 Å². The van der Waals surface area contributed by atoms with Crippen LogP contribution in [0.25, 0.3) is 0 Å². The number of carbonyl (C=O) groups is 2. The van der Waals surface area contributed by atoms with E-state index >= 15 is 0 Å². The second kappa shape index (κ2) is 14.8. The van der Waals surface area contributed by atoms with Gasteiger partial charge in [0, 0.05) is 13.5 Å². The van der Waals surface area contributed by atoms with Crippen LogP contribution in [0.4, 0.5) is 0 Å². The van der Waals surface area contributed by atoms with E-state index in [1.165, 1.54) is 6.92 Å². The Bertz CT molecular complexity index is 500. The van der Waals surface area contributed by atoms with Crippen LogP contribution in [0.1, 0.15) is 47.0 Å². The van der Waals surface area contributed by atoms with Crippen LogP contribution in [0.3, 0.4) is 0 Å². The topological polar surface area (TPSA) is 89.1 Å². The Labute approximate surface area is 208 Å². The summed E-state index contributed by atoms with van der Waals surface area (Å²) in [6.45, 7) is 10.5. The Morgan fingerprint density at radius 2 is 2.07 bits per heavy atom. The zero-order valence-electron chi connectivity index (χ0n) is 18.5. The van der Waals surface area contributed by atoms with Crippen LogP contribution < -0.4 is 10.6 Å². The van der Waals surface area contributed by atoms with E-state index in [4.69, 9.17) is 14.2 Å². The molecular weight excluding hydrogens is 567 g/mol. The molecule has 0 spiro atoms. The quantitative estimate of drug-likeness (QED) is 0.289. The Kier molecular flexibility index (Phi) is 14.3. The van der Waals surface area contributed by atoms with Crippen LogP contribution in [-0.4, -0.2) is 129 Å². The number of morpholine rings is 1. The zero-order valence-corrected chi connectivity index (χ0v) is 24.6. The molecule has 0 aromatic rings. The number of amides is 2. The number of nitrogens with one attached hydrogen (secondary N) is 2. The van der Waals surface area contributed by atoms with Crippen LogP contribution in [0.15, 0.2) is 0 Å². The average Bonchev–Trinajstić information content (AvgIpc) is 2.66. The van der Waals surface area contributed by atoms with Crippen LogP contribution >= 0.6 is 0 Å². The first-order valence-electron chi connectivity index (χ1n) is 10.2. The van der Waals surface area contributed by atoms with Crippen molar-refractivity contribution >= 4 is 61.1 Å². The molecule has 0 aromatic heterocycles. The fourth-order valence-electron chi connectivity index (χ4n) is 2.86. The zero-order chi connectivity index (χ0) is 21.9. The van der Waals surface area contributed by atoms with E-state index in [-0.39, 0.29) is 34.7 Å². The molecule has 0 bridgehead atoms. The normalized spacial score (nSPS) is 21.0. The van der Waals surface area contributed by atoms with Crippen molar-refractivity contribution in [1.82, 2.24) is 15.5 Å². The van der Waals surface area contributed by atoms with Gasteiger partial charge in [0.2, 0.25) is 5.91 Å².